The largest absolute Gasteiger partial charge is 0.465 e. The molecule has 0 spiro atoms. The Kier molecular flexibility index (Phi) is 6.51. The average molecular weight is 529 g/mol. The molecule has 0 unspecified atom stereocenters. The number of hydrogen-bond acceptors (Lipinski definition) is 5. The minimum absolute atomic E-state index is 0.187. The predicted molar refractivity (Wildman–Crippen MR) is 155 cm³/mol. The van der Waals surface area contributed by atoms with Gasteiger partial charge in [-0.1, -0.05) is 109 Å². The summed E-state index contributed by atoms with van der Waals surface area (Å²) in [5, 5.41) is 0. The highest BCUT2D eigenvalue weighted by Crippen LogP contribution is 2.56. The number of carbonyl (C=O) groups excluding carboxylic acids is 2. The molecule has 4 nitrogen and oxygen atoms in total. The molecule has 0 aromatic heterocycles. The van der Waals surface area contributed by atoms with Crippen LogP contribution in [0.3, 0.4) is 0 Å². The summed E-state index contributed by atoms with van der Waals surface area (Å²) in [7, 11) is 2.68. The lowest BCUT2D eigenvalue weighted by molar-refractivity contribution is 0.0556. The van der Waals surface area contributed by atoms with Gasteiger partial charge in [-0.2, -0.15) is 0 Å². The van der Waals surface area contributed by atoms with E-state index >= 15 is 0 Å². The minimum Gasteiger partial charge on any atom is -0.465 e. The average Bonchev–Trinajstić information content (AvgIpc) is 3.14. The molecule has 1 aliphatic heterocycles. The molecule has 5 aromatic rings. The summed E-state index contributed by atoms with van der Waals surface area (Å²) in [6.07, 6.45) is 0. The van der Waals surface area contributed by atoms with Crippen molar-refractivity contribution in [2.24, 2.45) is 0 Å². The summed E-state index contributed by atoms with van der Waals surface area (Å²) < 4.78 is 10.7. The van der Waals surface area contributed by atoms with Gasteiger partial charge in [-0.15, -0.1) is 0 Å². The zero-order valence-corrected chi connectivity index (χ0v) is 22.3. The first-order chi connectivity index (χ1) is 19.1. The van der Waals surface area contributed by atoms with Crippen LogP contribution >= 0.6 is 11.8 Å². The zero-order chi connectivity index (χ0) is 26.9. The van der Waals surface area contributed by atoms with Gasteiger partial charge >= 0.3 is 11.9 Å². The summed E-state index contributed by atoms with van der Waals surface area (Å²) in [5.74, 6) is -1.20. The maximum Gasteiger partial charge on any atom is 0.339 e. The summed E-state index contributed by atoms with van der Waals surface area (Å²) in [5.41, 5.74) is 6.97. The summed E-state index contributed by atoms with van der Waals surface area (Å²) in [4.78, 5) is 29.6. The van der Waals surface area contributed by atoms with Crippen LogP contribution < -0.4 is 0 Å². The van der Waals surface area contributed by atoms with Crippen LogP contribution in [0.1, 0.15) is 20.7 Å². The van der Waals surface area contributed by atoms with Gasteiger partial charge in [0.1, 0.15) is 0 Å². The van der Waals surface area contributed by atoms with E-state index in [1.807, 2.05) is 84.9 Å². The molecule has 5 aromatic carbocycles. The number of esters is 2. The van der Waals surface area contributed by atoms with Crippen LogP contribution in [0.25, 0.3) is 44.5 Å². The maximum atomic E-state index is 13.7. The molecule has 0 saturated carbocycles. The van der Waals surface area contributed by atoms with Crippen LogP contribution in [0.4, 0.5) is 0 Å². The third-order valence-corrected chi connectivity index (χ3v) is 8.09. The van der Waals surface area contributed by atoms with Crippen LogP contribution in [0.2, 0.25) is 0 Å². The fraction of sp³-hybridized carbons (Fsp3) is 0.0588. The normalized spacial score (nSPS) is 11.4. The van der Waals surface area contributed by atoms with Gasteiger partial charge in [0, 0.05) is 32.0 Å². The van der Waals surface area contributed by atoms with E-state index in [9.17, 15) is 9.59 Å². The number of carbonyl (C=O) groups is 2. The first kappa shape index (κ1) is 24.7. The topological polar surface area (TPSA) is 52.6 Å². The van der Waals surface area contributed by atoms with E-state index in [-0.39, 0.29) is 11.1 Å². The van der Waals surface area contributed by atoms with Gasteiger partial charge < -0.3 is 9.47 Å². The Morgan fingerprint density at radius 2 is 0.846 bits per heavy atom. The third-order valence-electron chi connectivity index (χ3n) is 6.94. The fourth-order valence-corrected chi connectivity index (χ4v) is 6.42. The Morgan fingerprint density at radius 1 is 0.487 bits per heavy atom. The number of methoxy groups -OCH3 is 2. The van der Waals surface area contributed by atoms with Crippen molar-refractivity contribution in [1.29, 1.82) is 0 Å². The first-order valence-corrected chi connectivity index (χ1v) is 13.3. The molecule has 0 radical (unpaired) electrons. The zero-order valence-electron chi connectivity index (χ0n) is 21.4. The van der Waals surface area contributed by atoms with Crippen molar-refractivity contribution in [2.45, 2.75) is 9.79 Å². The second-order valence-corrected chi connectivity index (χ2v) is 10.1. The lowest BCUT2D eigenvalue weighted by Gasteiger charge is -2.25. The highest BCUT2D eigenvalue weighted by molar-refractivity contribution is 7.99. The van der Waals surface area contributed by atoms with E-state index in [0.29, 0.717) is 11.1 Å². The molecule has 39 heavy (non-hydrogen) atoms. The van der Waals surface area contributed by atoms with E-state index in [1.165, 1.54) is 14.2 Å². The van der Waals surface area contributed by atoms with Crippen LogP contribution in [0.15, 0.2) is 119 Å². The Bertz CT molecular complexity index is 1600. The quantitative estimate of drug-likeness (QED) is 0.215. The van der Waals surface area contributed by atoms with Gasteiger partial charge in [-0.3, -0.25) is 0 Å². The standard InChI is InChI=1S/C34H24O4S/c1-37-33(35)31-27(21-13-5-3-6-14-21)29-23-17-9-11-19-25(23)39-26-20-12-10-18-24(26)30(29)28(32(31)34(36)38-2)22-15-7-4-8-16-22/h3-20H,1-2H3. The Labute approximate surface area is 231 Å². The van der Waals surface area contributed by atoms with Crippen molar-refractivity contribution in [1.82, 2.24) is 0 Å². The number of ether oxygens (including phenoxy) is 2. The number of rotatable bonds is 4. The third kappa shape index (κ3) is 4.12. The fourth-order valence-electron chi connectivity index (χ4n) is 5.33. The highest BCUT2D eigenvalue weighted by atomic mass is 32.2. The second-order valence-electron chi connectivity index (χ2n) is 9.06. The molecule has 0 bridgehead atoms. The second kappa shape index (κ2) is 10.3. The SMILES string of the molecule is COC(=O)c1c(C(=O)OC)c(-c2ccccc2)c2c(c1-c1ccccc1)-c1ccccc1Sc1ccccc1-2. The Morgan fingerprint density at radius 3 is 1.23 bits per heavy atom. The molecule has 6 rings (SSSR count). The molecule has 1 aliphatic rings. The predicted octanol–water partition coefficient (Wildman–Crippen LogP) is 8.39. The van der Waals surface area contributed by atoms with Crippen molar-refractivity contribution < 1.29 is 19.1 Å². The lowest BCUT2D eigenvalue weighted by Crippen LogP contribution is -2.17. The van der Waals surface area contributed by atoms with Crippen LogP contribution in [-0.2, 0) is 9.47 Å². The smallest absolute Gasteiger partial charge is 0.339 e. The van der Waals surface area contributed by atoms with Gasteiger partial charge in [0.05, 0.1) is 25.3 Å². The highest BCUT2D eigenvalue weighted by Gasteiger charge is 2.36. The van der Waals surface area contributed by atoms with Crippen LogP contribution in [-0.4, -0.2) is 26.2 Å². The van der Waals surface area contributed by atoms with Crippen molar-refractivity contribution in [3.8, 4) is 44.5 Å². The van der Waals surface area contributed by atoms with Crippen LogP contribution in [0, 0.1) is 0 Å². The molecule has 5 heteroatoms. The van der Waals surface area contributed by atoms with Crippen molar-refractivity contribution in [2.75, 3.05) is 14.2 Å². The monoisotopic (exact) mass is 528 g/mol. The number of hydrogen-bond donors (Lipinski definition) is 0. The number of fused-ring (bicyclic) bond motifs is 5. The summed E-state index contributed by atoms with van der Waals surface area (Å²) >= 11 is 1.68. The minimum atomic E-state index is -0.600. The van der Waals surface area contributed by atoms with Gasteiger partial charge in [0.25, 0.3) is 0 Å². The molecular formula is C34H24O4S. The molecule has 0 saturated heterocycles. The van der Waals surface area contributed by atoms with Crippen molar-refractivity contribution in [3.05, 3.63) is 120 Å². The molecule has 0 aliphatic carbocycles. The van der Waals surface area contributed by atoms with Crippen molar-refractivity contribution >= 4 is 23.7 Å². The molecule has 0 atom stereocenters. The molecule has 0 fully saturated rings. The Hall–Kier alpha value is -4.61. The number of benzene rings is 5. The van der Waals surface area contributed by atoms with E-state index in [2.05, 4.69) is 24.3 Å². The van der Waals surface area contributed by atoms with Crippen molar-refractivity contribution in [3.63, 3.8) is 0 Å². The first-order valence-electron chi connectivity index (χ1n) is 12.5. The lowest BCUT2D eigenvalue weighted by atomic mass is 9.77. The van der Waals surface area contributed by atoms with Gasteiger partial charge in [-0.25, -0.2) is 9.59 Å². The van der Waals surface area contributed by atoms with E-state index < -0.39 is 11.9 Å². The van der Waals surface area contributed by atoms with Crippen LogP contribution in [0.5, 0.6) is 0 Å². The van der Waals surface area contributed by atoms with E-state index in [1.54, 1.807) is 11.8 Å². The molecule has 190 valence electrons. The summed E-state index contributed by atoms with van der Waals surface area (Å²) in [6.45, 7) is 0. The Balaban J connectivity index is 1.97. The molecule has 0 N–H and O–H groups in total. The van der Waals surface area contributed by atoms with Gasteiger partial charge in [0.2, 0.25) is 0 Å². The summed E-state index contributed by atoms with van der Waals surface area (Å²) in [6, 6.07) is 35.8. The molecular weight excluding hydrogens is 504 g/mol. The van der Waals surface area contributed by atoms with Gasteiger partial charge in [-0.05, 0) is 34.4 Å². The maximum absolute atomic E-state index is 13.7. The molecule has 1 heterocycles. The van der Waals surface area contributed by atoms with E-state index in [0.717, 1.165) is 43.2 Å². The van der Waals surface area contributed by atoms with Gasteiger partial charge in [0.15, 0.2) is 0 Å². The van der Waals surface area contributed by atoms with E-state index in [4.69, 9.17) is 9.47 Å². The molecule has 0 amide bonds.